The van der Waals surface area contributed by atoms with Crippen molar-refractivity contribution in [3.8, 4) is 0 Å². The first-order valence-electron chi connectivity index (χ1n) is 12.1. The molecular formula is C24H40N2O2. The lowest BCUT2D eigenvalue weighted by molar-refractivity contribution is -0.124. The molecule has 0 aromatic heterocycles. The molecule has 4 nitrogen and oxygen atoms in total. The van der Waals surface area contributed by atoms with Gasteiger partial charge in [-0.05, 0) is 101 Å². The zero-order chi connectivity index (χ0) is 19.7. The second-order valence-electron chi connectivity index (χ2n) is 10.6. The van der Waals surface area contributed by atoms with Crippen molar-refractivity contribution in [1.29, 1.82) is 0 Å². The van der Waals surface area contributed by atoms with Gasteiger partial charge >= 0.3 is 0 Å². The van der Waals surface area contributed by atoms with E-state index in [0.717, 1.165) is 36.5 Å². The SMILES string of the molecule is C[C@H](NC(=O)CCCCC(=O)N[C@H](C)[C@H]1C[C@H]2CC[C@H]1C2)[C@H]1C[C@H]2CC[C@H]1C2. The average Bonchev–Trinajstić information content (AvgIpc) is 3.46. The zero-order valence-corrected chi connectivity index (χ0v) is 17.9. The summed E-state index contributed by atoms with van der Waals surface area (Å²) in [4.78, 5) is 24.5. The Balaban J connectivity index is 1.07. The zero-order valence-electron chi connectivity index (χ0n) is 17.9. The molecule has 4 saturated carbocycles. The quantitative estimate of drug-likeness (QED) is 0.574. The van der Waals surface area contributed by atoms with E-state index in [1.807, 2.05) is 0 Å². The highest BCUT2D eigenvalue weighted by Gasteiger charge is 2.43. The first-order chi connectivity index (χ1) is 13.5. The number of nitrogens with one attached hydrogen (secondary N) is 2. The Morgan fingerprint density at radius 1 is 0.714 bits per heavy atom. The van der Waals surface area contributed by atoms with Crippen molar-refractivity contribution in [3.63, 3.8) is 0 Å². The standard InChI is InChI=1S/C24H40N2O2/c1-15(21-13-17-7-9-19(21)11-17)25-23(27)5-3-4-6-24(28)26-16(2)22-14-18-8-10-20(22)12-18/h15-22H,3-14H2,1-2H3,(H,25,27)(H,26,28)/t15-,16+,17-,18-,19-,20-,21+,22+/m0/s1. The van der Waals surface area contributed by atoms with Crippen molar-refractivity contribution < 1.29 is 9.59 Å². The van der Waals surface area contributed by atoms with Crippen LogP contribution < -0.4 is 10.6 Å². The van der Waals surface area contributed by atoms with Crippen molar-refractivity contribution in [3.05, 3.63) is 0 Å². The molecule has 2 N–H and O–H groups in total. The molecule has 0 unspecified atom stereocenters. The lowest BCUT2D eigenvalue weighted by Crippen LogP contribution is -2.40. The smallest absolute Gasteiger partial charge is 0.220 e. The third kappa shape index (κ3) is 4.57. The van der Waals surface area contributed by atoms with E-state index >= 15 is 0 Å². The Bertz CT molecular complexity index is 527. The molecule has 0 spiro atoms. The van der Waals surface area contributed by atoms with Crippen LogP contribution in [0, 0.1) is 35.5 Å². The first-order valence-corrected chi connectivity index (χ1v) is 12.1. The molecular weight excluding hydrogens is 348 g/mol. The van der Waals surface area contributed by atoms with Gasteiger partial charge in [0.1, 0.15) is 0 Å². The van der Waals surface area contributed by atoms with Crippen LogP contribution in [-0.2, 0) is 9.59 Å². The summed E-state index contributed by atoms with van der Waals surface area (Å²) in [6, 6.07) is 0.627. The van der Waals surface area contributed by atoms with Crippen molar-refractivity contribution in [2.24, 2.45) is 35.5 Å². The third-order valence-corrected chi connectivity index (χ3v) is 8.71. The van der Waals surface area contributed by atoms with Crippen LogP contribution in [0.2, 0.25) is 0 Å². The van der Waals surface area contributed by atoms with Crippen molar-refractivity contribution in [2.75, 3.05) is 0 Å². The van der Waals surface area contributed by atoms with Gasteiger partial charge < -0.3 is 10.6 Å². The second-order valence-corrected chi connectivity index (χ2v) is 10.6. The van der Waals surface area contributed by atoms with Gasteiger partial charge in [-0.25, -0.2) is 0 Å². The molecule has 4 fully saturated rings. The topological polar surface area (TPSA) is 58.2 Å². The number of carbonyl (C=O) groups is 2. The van der Waals surface area contributed by atoms with E-state index in [1.165, 1.54) is 51.4 Å². The Morgan fingerprint density at radius 2 is 1.14 bits per heavy atom. The lowest BCUT2D eigenvalue weighted by atomic mass is 9.84. The summed E-state index contributed by atoms with van der Waals surface area (Å²) in [6.07, 6.45) is 13.7. The largest absolute Gasteiger partial charge is 0.353 e. The van der Waals surface area contributed by atoms with Crippen LogP contribution in [-0.4, -0.2) is 23.9 Å². The van der Waals surface area contributed by atoms with Crippen LogP contribution in [0.3, 0.4) is 0 Å². The van der Waals surface area contributed by atoms with E-state index in [1.54, 1.807) is 0 Å². The molecule has 4 aliphatic rings. The minimum absolute atomic E-state index is 0.172. The first kappa shape index (κ1) is 20.2. The van der Waals surface area contributed by atoms with Gasteiger partial charge in [-0.2, -0.15) is 0 Å². The number of rotatable bonds is 9. The van der Waals surface area contributed by atoms with E-state index < -0.39 is 0 Å². The summed E-state index contributed by atoms with van der Waals surface area (Å²) < 4.78 is 0. The number of fused-ring (bicyclic) bond motifs is 4. The van der Waals surface area contributed by atoms with Crippen LogP contribution in [0.4, 0.5) is 0 Å². The molecule has 0 heterocycles. The van der Waals surface area contributed by atoms with Crippen molar-refractivity contribution >= 4 is 11.8 Å². The monoisotopic (exact) mass is 388 g/mol. The summed E-state index contributed by atoms with van der Waals surface area (Å²) in [5.41, 5.74) is 0. The Morgan fingerprint density at radius 3 is 1.46 bits per heavy atom. The molecule has 158 valence electrons. The highest BCUT2D eigenvalue weighted by atomic mass is 16.2. The molecule has 4 bridgehead atoms. The fourth-order valence-corrected chi connectivity index (χ4v) is 7.25. The fraction of sp³-hybridized carbons (Fsp3) is 0.917. The molecule has 2 amide bonds. The lowest BCUT2D eigenvalue weighted by Gasteiger charge is -2.28. The molecule has 28 heavy (non-hydrogen) atoms. The van der Waals surface area contributed by atoms with Crippen LogP contribution in [0.5, 0.6) is 0 Å². The Kier molecular flexibility index (Phi) is 6.32. The Labute approximate surface area is 171 Å². The van der Waals surface area contributed by atoms with Crippen LogP contribution in [0.15, 0.2) is 0 Å². The average molecular weight is 389 g/mol. The van der Waals surface area contributed by atoms with Gasteiger partial charge in [0.05, 0.1) is 0 Å². The number of hydrogen-bond acceptors (Lipinski definition) is 2. The van der Waals surface area contributed by atoms with E-state index in [0.29, 0.717) is 36.8 Å². The normalized spacial score (nSPS) is 37.8. The van der Waals surface area contributed by atoms with E-state index in [-0.39, 0.29) is 11.8 Å². The number of unbranched alkanes of at least 4 members (excludes halogenated alkanes) is 1. The molecule has 4 rings (SSSR count). The van der Waals surface area contributed by atoms with Gasteiger partial charge in [-0.1, -0.05) is 12.8 Å². The maximum Gasteiger partial charge on any atom is 0.220 e. The fourth-order valence-electron chi connectivity index (χ4n) is 7.25. The Hall–Kier alpha value is -1.06. The number of carbonyl (C=O) groups excluding carboxylic acids is 2. The molecule has 0 saturated heterocycles. The molecule has 0 aliphatic heterocycles. The number of amides is 2. The van der Waals surface area contributed by atoms with E-state index in [4.69, 9.17) is 0 Å². The van der Waals surface area contributed by atoms with Crippen molar-refractivity contribution in [2.45, 2.75) is 103 Å². The summed E-state index contributed by atoms with van der Waals surface area (Å²) >= 11 is 0. The van der Waals surface area contributed by atoms with E-state index in [9.17, 15) is 9.59 Å². The highest BCUT2D eigenvalue weighted by Crippen LogP contribution is 2.50. The van der Waals surface area contributed by atoms with Crippen LogP contribution >= 0.6 is 0 Å². The molecule has 0 aromatic carbocycles. The van der Waals surface area contributed by atoms with Crippen LogP contribution in [0.1, 0.15) is 90.9 Å². The third-order valence-electron chi connectivity index (χ3n) is 8.71. The molecule has 0 aromatic rings. The van der Waals surface area contributed by atoms with Crippen LogP contribution in [0.25, 0.3) is 0 Å². The summed E-state index contributed by atoms with van der Waals surface area (Å²) in [5.74, 6) is 5.28. The molecule has 4 aliphatic carbocycles. The summed E-state index contributed by atoms with van der Waals surface area (Å²) in [5, 5.41) is 6.48. The summed E-state index contributed by atoms with van der Waals surface area (Å²) in [6.45, 7) is 4.38. The minimum Gasteiger partial charge on any atom is -0.353 e. The maximum absolute atomic E-state index is 12.3. The van der Waals surface area contributed by atoms with Crippen molar-refractivity contribution in [1.82, 2.24) is 10.6 Å². The summed E-state index contributed by atoms with van der Waals surface area (Å²) in [7, 11) is 0. The van der Waals surface area contributed by atoms with E-state index in [2.05, 4.69) is 24.5 Å². The minimum atomic E-state index is 0.172. The molecule has 8 atom stereocenters. The van der Waals surface area contributed by atoms with Gasteiger partial charge in [0.15, 0.2) is 0 Å². The molecule has 0 radical (unpaired) electrons. The van der Waals surface area contributed by atoms with Gasteiger partial charge in [-0.15, -0.1) is 0 Å². The van der Waals surface area contributed by atoms with Gasteiger partial charge in [-0.3, -0.25) is 9.59 Å². The number of hydrogen-bond donors (Lipinski definition) is 2. The van der Waals surface area contributed by atoms with Gasteiger partial charge in [0.2, 0.25) is 11.8 Å². The highest BCUT2D eigenvalue weighted by molar-refractivity contribution is 5.77. The van der Waals surface area contributed by atoms with Gasteiger partial charge in [0, 0.05) is 24.9 Å². The predicted molar refractivity (Wildman–Crippen MR) is 112 cm³/mol. The maximum atomic E-state index is 12.3. The molecule has 4 heteroatoms. The predicted octanol–water partition coefficient (Wildman–Crippen LogP) is 4.43. The second kappa shape index (κ2) is 8.75. The van der Waals surface area contributed by atoms with Gasteiger partial charge in [0.25, 0.3) is 0 Å².